The number of hydrogen-bond donors (Lipinski definition) is 2. The second-order valence-corrected chi connectivity index (χ2v) is 9.05. The van der Waals surface area contributed by atoms with Crippen molar-refractivity contribution in [1.82, 2.24) is 4.90 Å². The van der Waals surface area contributed by atoms with Crippen LogP contribution >= 0.6 is 11.6 Å². The first-order chi connectivity index (χ1) is 15.3. The lowest BCUT2D eigenvalue weighted by Gasteiger charge is -2.41. The predicted molar refractivity (Wildman–Crippen MR) is 123 cm³/mol. The van der Waals surface area contributed by atoms with Crippen molar-refractivity contribution < 1.29 is 19.1 Å². The van der Waals surface area contributed by atoms with Crippen molar-refractivity contribution in [3.63, 3.8) is 0 Å². The maximum atomic E-state index is 13.5. The lowest BCUT2D eigenvalue weighted by Crippen LogP contribution is -2.48. The third-order valence-electron chi connectivity index (χ3n) is 6.60. The van der Waals surface area contributed by atoms with Gasteiger partial charge in [-0.1, -0.05) is 44.4 Å². The number of urea groups is 1. The molecule has 1 fully saturated rings. The highest BCUT2D eigenvalue weighted by molar-refractivity contribution is 6.34. The summed E-state index contributed by atoms with van der Waals surface area (Å²) in [7, 11) is 0. The maximum Gasteiger partial charge on any atom is 0.322 e. The molecule has 1 aliphatic heterocycles. The Morgan fingerprint density at radius 3 is 2.66 bits per heavy atom. The zero-order chi connectivity index (χ0) is 22.8. The first kappa shape index (κ1) is 22.3. The van der Waals surface area contributed by atoms with Crippen molar-refractivity contribution in [3.8, 4) is 11.5 Å². The van der Waals surface area contributed by atoms with E-state index < -0.39 is 5.91 Å². The molecule has 2 aliphatic rings. The summed E-state index contributed by atoms with van der Waals surface area (Å²) in [6.07, 6.45) is 3.20. The van der Waals surface area contributed by atoms with Crippen molar-refractivity contribution in [2.45, 2.75) is 45.7 Å². The maximum absolute atomic E-state index is 13.5. The van der Waals surface area contributed by atoms with Crippen molar-refractivity contribution in [2.24, 2.45) is 17.6 Å². The van der Waals surface area contributed by atoms with Crippen LogP contribution in [0, 0.1) is 11.8 Å². The molecule has 3 N–H and O–H groups in total. The van der Waals surface area contributed by atoms with Crippen LogP contribution in [-0.2, 0) is 6.54 Å². The molecule has 1 aliphatic carbocycles. The monoisotopic (exact) mass is 457 g/mol. The van der Waals surface area contributed by atoms with E-state index in [1.165, 1.54) is 12.5 Å². The van der Waals surface area contributed by atoms with Gasteiger partial charge in [0.25, 0.3) is 0 Å². The van der Waals surface area contributed by atoms with Crippen LogP contribution in [0.2, 0.25) is 5.02 Å². The summed E-state index contributed by atoms with van der Waals surface area (Å²) >= 11 is 6.17. The molecule has 0 bridgehead atoms. The molecule has 2 aromatic rings. The lowest BCUT2D eigenvalue weighted by molar-refractivity contribution is 0.1000. The number of amides is 3. The lowest BCUT2D eigenvalue weighted by atomic mass is 9.77. The Labute approximate surface area is 192 Å². The summed E-state index contributed by atoms with van der Waals surface area (Å²) in [6, 6.07) is 10.4. The Kier molecular flexibility index (Phi) is 6.46. The van der Waals surface area contributed by atoms with Crippen molar-refractivity contribution in [2.75, 3.05) is 12.1 Å². The Bertz CT molecular complexity index is 1030. The largest absolute Gasteiger partial charge is 0.454 e. The molecular weight excluding hydrogens is 430 g/mol. The van der Waals surface area contributed by atoms with E-state index in [-0.39, 0.29) is 29.5 Å². The van der Waals surface area contributed by atoms with Crippen LogP contribution in [0.15, 0.2) is 36.4 Å². The molecule has 1 saturated carbocycles. The SMILES string of the molecule is C[C@@H]1[C@H](C)CCC[C@H]1N(Cc1ccc2c(c1)OCO2)C(=O)Nc1ccc(C(N)=O)c(Cl)c1. The number of carbonyl (C=O) groups excluding carboxylic acids is 2. The molecule has 7 nitrogen and oxygen atoms in total. The molecule has 3 amide bonds. The van der Waals surface area contributed by atoms with E-state index >= 15 is 0 Å². The van der Waals surface area contributed by atoms with Gasteiger partial charge in [0, 0.05) is 18.3 Å². The van der Waals surface area contributed by atoms with Gasteiger partial charge >= 0.3 is 6.03 Å². The summed E-state index contributed by atoms with van der Waals surface area (Å²) < 4.78 is 10.9. The van der Waals surface area contributed by atoms with Crippen LogP contribution in [0.1, 0.15) is 49.0 Å². The summed E-state index contributed by atoms with van der Waals surface area (Å²) in [5, 5.41) is 3.15. The highest BCUT2D eigenvalue weighted by atomic mass is 35.5. The molecule has 32 heavy (non-hydrogen) atoms. The van der Waals surface area contributed by atoms with Gasteiger partial charge in [-0.25, -0.2) is 4.79 Å². The number of nitrogens with two attached hydrogens (primary N) is 1. The van der Waals surface area contributed by atoms with E-state index in [9.17, 15) is 9.59 Å². The minimum atomic E-state index is -0.609. The smallest absolute Gasteiger partial charge is 0.322 e. The number of fused-ring (bicyclic) bond motifs is 1. The number of primary amides is 1. The molecule has 1 heterocycles. The molecule has 0 radical (unpaired) electrons. The number of halogens is 1. The fourth-order valence-electron chi connectivity index (χ4n) is 4.56. The van der Waals surface area contributed by atoms with Gasteiger partial charge < -0.3 is 25.4 Å². The highest BCUT2D eigenvalue weighted by Crippen LogP contribution is 2.36. The first-order valence-corrected chi connectivity index (χ1v) is 11.3. The quantitative estimate of drug-likeness (QED) is 0.658. The van der Waals surface area contributed by atoms with E-state index in [2.05, 4.69) is 19.2 Å². The van der Waals surface area contributed by atoms with Gasteiger partial charge in [0.15, 0.2) is 11.5 Å². The average Bonchev–Trinajstić information content (AvgIpc) is 3.22. The Morgan fingerprint density at radius 2 is 1.91 bits per heavy atom. The van der Waals surface area contributed by atoms with Crippen LogP contribution in [0.5, 0.6) is 11.5 Å². The highest BCUT2D eigenvalue weighted by Gasteiger charge is 2.34. The normalized spacial score (nSPS) is 21.8. The summed E-state index contributed by atoms with van der Waals surface area (Å²) in [5.74, 6) is 1.70. The van der Waals surface area contributed by atoms with Gasteiger partial charge in [0.2, 0.25) is 12.7 Å². The van der Waals surface area contributed by atoms with Crippen LogP contribution in [0.25, 0.3) is 0 Å². The number of nitrogens with one attached hydrogen (secondary N) is 1. The summed E-state index contributed by atoms with van der Waals surface area (Å²) in [5.41, 5.74) is 7.03. The number of ether oxygens (including phenoxy) is 2. The number of anilines is 1. The average molecular weight is 458 g/mol. The zero-order valence-corrected chi connectivity index (χ0v) is 19.0. The standard InChI is InChI=1S/C24H28ClN3O4/c1-14-4-3-5-20(15(14)2)28(12-16-6-9-21-22(10-16)32-13-31-21)24(30)27-17-7-8-18(23(26)29)19(25)11-17/h6-11,14-15,20H,3-5,12-13H2,1-2H3,(H2,26,29)(H,27,30)/t14-,15-,20-/m1/s1. The van der Waals surface area contributed by atoms with Gasteiger partial charge in [0.05, 0.1) is 10.6 Å². The molecule has 0 aromatic heterocycles. The second-order valence-electron chi connectivity index (χ2n) is 8.64. The number of benzene rings is 2. The van der Waals surface area contributed by atoms with Crippen molar-refractivity contribution in [3.05, 3.63) is 52.5 Å². The fraction of sp³-hybridized carbons (Fsp3) is 0.417. The first-order valence-electron chi connectivity index (χ1n) is 10.9. The molecule has 0 saturated heterocycles. The zero-order valence-electron chi connectivity index (χ0n) is 18.3. The van der Waals surface area contributed by atoms with E-state index in [0.717, 1.165) is 18.4 Å². The predicted octanol–water partition coefficient (Wildman–Crippen LogP) is 5.03. The Balaban J connectivity index is 1.58. The topological polar surface area (TPSA) is 93.9 Å². The third-order valence-corrected chi connectivity index (χ3v) is 6.91. The second kappa shape index (κ2) is 9.28. The van der Waals surface area contributed by atoms with Crippen LogP contribution < -0.4 is 20.5 Å². The van der Waals surface area contributed by atoms with E-state index in [0.29, 0.717) is 35.6 Å². The van der Waals surface area contributed by atoms with E-state index in [1.54, 1.807) is 12.1 Å². The molecule has 4 rings (SSSR count). The summed E-state index contributed by atoms with van der Waals surface area (Å²) in [4.78, 5) is 26.8. The molecule has 170 valence electrons. The van der Waals surface area contributed by atoms with Crippen molar-refractivity contribution >= 4 is 29.2 Å². The van der Waals surface area contributed by atoms with Gasteiger partial charge in [0.1, 0.15) is 0 Å². The van der Waals surface area contributed by atoms with E-state index in [1.807, 2.05) is 23.1 Å². The van der Waals surface area contributed by atoms with E-state index in [4.69, 9.17) is 26.8 Å². The Hall–Kier alpha value is -2.93. The van der Waals surface area contributed by atoms with Crippen LogP contribution in [0.4, 0.5) is 10.5 Å². The molecule has 8 heteroatoms. The number of nitrogens with zero attached hydrogens (tertiary/aromatic N) is 1. The number of hydrogen-bond acceptors (Lipinski definition) is 4. The minimum Gasteiger partial charge on any atom is -0.454 e. The van der Waals surface area contributed by atoms with Crippen LogP contribution in [0.3, 0.4) is 0 Å². The Morgan fingerprint density at radius 1 is 1.12 bits per heavy atom. The molecule has 2 aromatic carbocycles. The summed E-state index contributed by atoms with van der Waals surface area (Å²) in [6.45, 7) is 5.11. The number of rotatable bonds is 5. The van der Waals surface area contributed by atoms with Crippen LogP contribution in [-0.4, -0.2) is 29.7 Å². The van der Waals surface area contributed by atoms with Crippen molar-refractivity contribution in [1.29, 1.82) is 0 Å². The molecule has 0 unspecified atom stereocenters. The van der Waals surface area contributed by atoms with Gasteiger partial charge in [-0.2, -0.15) is 0 Å². The number of carbonyl (C=O) groups is 2. The van der Waals surface area contributed by atoms with Gasteiger partial charge in [-0.15, -0.1) is 0 Å². The van der Waals surface area contributed by atoms with Gasteiger partial charge in [-0.05, 0) is 54.2 Å². The third kappa shape index (κ3) is 4.63. The molecule has 0 spiro atoms. The fourth-order valence-corrected chi connectivity index (χ4v) is 4.83. The molecule has 3 atom stereocenters. The molecular formula is C24H28ClN3O4. The van der Waals surface area contributed by atoms with Gasteiger partial charge in [-0.3, -0.25) is 4.79 Å². The minimum absolute atomic E-state index is 0.101.